The summed E-state index contributed by atoms with van der Waals surface area (Å²) in [5, 5.41) is 15.6. The molecule has 1 heterocycles. The standard InChI is InChI=1S/C10H8F3N3O/c11-10(12,13)7-3-1-2-5(8(7)17)6-4-15-16-9(6)14/h1-4,17H,(H3,14,15,16). The molecule has 0 aliphatic carbocycles. The van der Waals surface area contributed by atoms with Gasteiger partial charge in [-0.15, -0.1) is 0 Å². The van der Waals surface area contributed by atoms with Crippen molar-refractivity contribution in [3.63, 3.8) is 0 Å². The Morgan fingerprint density at radius 2 is 1.94 bits per heavy atom. The third-order valence-electron chi connectivity index (χ3n) is 2.30. The van der Waals surface area contributed by atoms with Gasteiger partial charge in [-0.25, -0.2) is 0 Å². The number of nitrogens with zero attached hydrogens (tertiary/aromatic N) is 1. The Morgan fingerprint density at radius 1 is 1.24 bits per heavy atom. The number of nitrogens with two attached hydrogens (primary N) is 1. The van der Waals surface area contributed by atoms with Crippen molar-refractivity contribution < 1.29 is 18.3 Å². The molecule has 0 bridgehead atoms. The molecule has 0 spiro atoms. The van der Waals surface area contributed by atoms with E-state index in [9.17, 15) is 18.3 Å². The fourth-order valence-corrected chi connectivity index (χ4v) is 1.50. The van der Waals surface area contributed by atoms with Crippen LogP contribution in [0.5, 0.6) is 5.75 Å². The third-order valence-corrected chi connectivity index (χ3v) is 2.30. The number of rotatable bonds is 1. The van der Waals surface area contributed by atoms with Gasteiger partial charge in [0.25, 0.3) is 0 Å². The van der Waals surface area contributed by atoms with E-state index in [2.05, 4.69) is 10.2 Å². The number of nitrogens with one attached hydrogen (secondary N) is 1. The van der Waals surface area contributed by atoms with Crippen LogP contribution in [0.15, 0.2) is 24.4 Å². The van der Waals surface area contributed by atoms with Gasteiger partial charge in [0.05, 0.1) is 11.8 Å². The monoisotopic (exact) mass is 243 g/mol. The van der Waals surface area contributed by atoms with Gasteiger partial charge in [-0.1, -0.05) is 12.1 Å². The van der Waals surface area contributed by atoms with E-state index < -0.39 is 17.5 Å². The number of hydrogen-bond donors (Lipinski definition) is 3. The minimum atomic E-state index is -4.61. The van der Waals surface area contributed by atoms with E-state index in [1.807, 2.05) is 0 Å². The van der Waals surface area contributed by atoms with Gasteiger partial charge in [0, 0.05) is 11.1 Å². The highest BCUT2D eigenvalue weighted by atomic mass is 19.4. The maximum absolute atomic E-state index is 12.6. The van der Waals surface area contributed by atoms with Gasteiger partial charge < -0.3 is 10.8 Å². The summed E-state index contributed by atoms with van der Waals surface area (Å²) in [4.78, 5) is 0. The number of aromatic amines is 1. The van der Waals surface area contributed by atoms with Gasteiger partial charge in [0.2, 0.25) is 0 Å². The van der Waals surface area contributed by atoms with Crippen molar-refractivity contribution in [3.8, 4) is 16.9 Å². The first kappa shape index (κ1) is 11.3. The maximum atomic E-state index is 12.6. The number of aromatic hydroxyl groups is 1. The Labute approximate surface area is 93.9 Å². The number of benzene rings is 1. The van der Waals surface area contributed by atoms with Crippen LogP contribution in [0.1, 0.15) is 5.56 Å². The van der Waals surface area contributed by atoms with Crippen molar-refractivity contribution in [2.45, 2.75) is 6.18 Å². The number of phenolic OH excluding ortho intramolecular Hbond substituents is 1. The van der Waals surface area contributed by atoms with Gasteiger partial charge in [-0.3, -0.25) is 5.10 Å². The maximum Gasteiger partial charge on any atom is 0.419 e. The van der Waals surface area contributed by atoms with Crippen LogP contribution in [0.25, 0.3) is 11.1 Å². The number of H-pyrrole nitrogens is 1. The fraction of sp³-hybridized carbons (Fsp3) is 0.100. The SMILES string of the molecule is Nc1[nH]ncc1-c1cccc(C(F)(F)F)c1O. The van der Waals surface area contributed by atoms with Gasteiger partial charge in [0.15, 0.2) is 0 Å². The fourth-order valence-electron chi connectivity index (χ4n) is 1.50. The van der Waals surface area contributed by atoms with Crippen LogP contribution >= 0.6 is 0 Å². The second kappa shape index (κ2) is 3.69. The molecule has 1 aromatic heterocycles. The molecule has 4 nitrogen and oxygen atoms in total. The molecule has 0 saturated heterocycles. The summed E-state index contributed by atoms with van der Waals surface area (Å²) in [6.45, 7) is 0. The number of halogens is 3. The molecule has 0 aliphatic rings. The average Bonchev–Trinajstić information content (AvgIpc) is 2.63. The summed E-state index contributed by atoms with van der Waals surface area (Å²) in [5.41, 5.74) is 4.61. The Balaban J connectivity index is 2.62. The molecule has 90 valence electrons. The van der Waals surface area contributed by atoms with Gasteiger partial charge >= 0.3 is 6.18 Å². The molecule has 0 aliphatic heterocycles. The van der Waals surface area contributed by atoms with Gasteiger partial charge in [0.1, 0.15) is 11.6 Å². The van der Waals surface area contributed by atoms with E-state index in [-0.39, 0.29) is 16.9 Å². The smallest absolute Gasteiger partial charge is 0.419 e. The Bertz CT molecular complexity index is 548. The largest absolute Gasteiger partial charge is 0.507 e. The lowest BCUT2D eigenvalue weighted by atomic mass is 10.0. The Morgan fingerprint density at radius 3 is 2.47 bits per heavy atom. The van der Waals surface area contributed by atoms with Crippen molar-refractivity contribution in [2.24, 2.45) is 0 Å². The third kappa shape index (κ3) is 1.91. The number of nitrogen functional groups attached to an aromatic ring is 1. The molecule has 2 rings (SSSR count). The van der Waals surface area contributed by atoms with Crippen LogP contribution in [0.2, 0.25) is 0 Å². The first-order valence-electron chi connectivity index (χ1n) is 4.59. The summed E-state index contributed by atoms with van der Waals surface area (Å²) in [7, 11) is 0. The number of anilines is 1. The number of hydrogen-bond acceptors (Lipinski definition) is 3. The van der Waals surface area contributed by atoms with Crippen LogP contribution in [0.4, 0.5) is 19.0 Å². The summed E-state index contributed by atoms with van der Waals surface area (Å²) < 4.78 is 37.7. The highest BCUT2D eigenvalue weighted by Gasteiger charge is 2.34. The first-order chi connectivity index (χ1) is 7.91. The lowest BCUT2D eigenvalue weighted by Crippen LogP contribution is -2.05. The van der Waals surface area contributed by atoms with E-state index >= 15 is 0 Å². The molecule has 0 atom stereocenters. The zero-order valence-electron chi connectivity index (χ0n) is 8.42. The lowest BCUT2D eigenvalue weighted by molar-refractivity contribution is -0.138. The van der Waals surface area contributed by atoms with E-state index in [4.69, 9.17) is 5.73 Å². The number of aromatic nitrogens is 2. The minimum absolute atomic E-state index is 0.00826. The van der Waals surface area contributed by atoms with E-state index in [1.165, 1.54) is 18.3 Å². The second-order valence-corrected chi connectivity index (χ2v) is 3.40. The van der Waals surface area contributed by atoms with Crippen molar-refractivity contribution in [2.75, 3.05) is 5.73 Å². The van der Waals surface area contributed by atoms with Crippen LogP contribution in [0, 0.1) is 0 Å². The van der Waals surface area contributed by atoms with Gasteiger partial charge in [-0.05, 0) is 6.07 Å². The highest BCUT2D eigenvalue weighted by Crippen LogP contribution is 2.41. The zero-order chi connectivity index (χ0) is 12.6. The molecule has 2 aromatic rings. The van der Waals surface area contributed by atoms with Crippen LogP contribution in [-0.2, 0) is 6.18 Å². The quantitative estimate of drug-likeness (QED) is 0.719. The second-order valence-electron chi connectivity index (χ2n) is 3.40. The Hall–Kier alpha value is -2.18. The van der Waals surface area contributed by atoms with Crippen LogP contribution < -0.4 is 5.73 Å². The normalized spacial score (nSPS) is 11.7. The molecule has 4 N–H and O–H groups in total. The summed E-state index contributed by atoms with van der Waals surface area (Å²) in [6, 6.07) is 3.34. The molecule has 0 amide bonds. The molecule has 0 saturated carbocycles. The summed E-state index contributed by atoms with van der Waals surface area (Å²) in [5.74, 6) is -0.757. The topological polar surface area (TPSA) is 74.9 Å². The molecule has 0 unspecified atom stereocenters. The molecular weight excluding hydrogens is 235 g/mol. The number of phenols is 1. The number of para-hydroxylation sites is 1. The molecule has 0 fully saturated rings. The van der Waals surface area contributed by atoms with Gasteiger partial charge in [-0.2, -0.15) is 18.3 Å². The molecule has 17 heavy (non-hydrogen) atoms. The lowest BCUT2D eigenvalue weighted by Gasteiger charge is -2.11. The van der Waals surface area contributed by atoms with Crippen molar-refractivity contribution in [1.29, 1.82) is 0 Å². The Kier molecular flexibility index (Phi) is 2.45. The van der Waals surface area contributed by atoms with Crippen molar-refractivity contribution in [3.05, 3.63) is 30.0 Å². The van der Waals surface area contributed by atoms with E-state index in [0.717, 1.165) is 6.07 Å². The molecule has 1 aromatic carbocycles. The number of alkyl halides is 3. The summed E-state index contributed by atoms with van der Waals surface area (Å²) >= 11 is 0. The van der Waals surface area contributed by atoms with Crippen LogP contribution in [0.3, 0.4) is 0 Å². The van der Waals surface area contributed by atoms with Crippen molar-refractivity contribution in [1.82, 2.24) is 10.2 Å². The van der Waals surface area contributed by atoms with Crippen molar-refractivity contribution >= 4 is 5.82 Å². The van der Waals surface area contributed by atoms with E-state index in [0.29, 0.717) is 0 Å². The molecule has 7 heteroatoms. The first-order valence-corrected chi connectivity index (χ1v) is 4.59. The zero-order valence-corrected chi connectivity index (χ0v) is 8.42. The predicted molar refractivity (Wildman–Crippen MR) is 55.1 cm³/mol. The van der Waals surface area contributed by atoms with Crippen LogP contribution in [-0.4, -0.2) is 15.3 Å². The summed E-state index contributed by atoms with van der Waals surface area (Å²) in [6.07, 6.45) is -3.36. The predicted octanol–water partition coefficient (Wildman–Crippen LogP) is 2.38. The average molecular weight is 243 g/mol. The molecular formula is C10H8F3N3O. The molecule has 0 radical (unpaired) electrons. The van der Waals surface area contributed by atoms with E-state index in [1.54, 1.807) is 0 Å². The minimum Gasteiger partial charge on any atom is -0.507 e. The highest BCUT2D eigenvalue weighted by molar-refractivity contribution is 5.78.